The summed E-state index contributed by atoms with van der Waals surface area (Å²) in [4.78, 5) is 12.1. The van der Waals surface area contributed by atoms with Crippen molar-refractivity contribution >= 4 is 21.6 Å². The Morgan fingerprint density at radius 3 is 2.48 bits per heavy atom. The summed E-state index contributed by atoms with van der Waals surface area (Å²) in [6.07, 6.45) is 2.07. The Bertz CT molecular complexity index is 921. The number of sulfonamides is 1. The minimum Gasteiger partial charge on any atom is -0.484 e. The van der Waals surface area contributed by atoms with Crippen molar-refractivity contribution in [1.29, 1.82) is 0 Å². The van der Waals surface area contributed by atoms with Crippen LogP contribution in [0.4, 0.5) is 5.69 Å². The molecule has 0 radical (unpaired) electrons. The average Bonchev–Trinajstić information content (AvgIpc) is 3.24. The van der Waals surface area contributed by atoms with Gasteiger partial charge in [-0.05, 0) is 56.2 Å². The third kappa shape index (κ3) is 5.48. The number of amides is 1. The normalized spacial score (nSPS) is 16.4. The summed E-state index contributed by atoms with van der Waals surface area (Å²) in [7, 11) is -2.14. The van der Waals surface area contributed by atoms with Crippen LogP contribution >= 0.6 is 0 Å². The van der Waals surface area contributed by atoms with E-state index in [1.807, 2.05) is 6.92 Å². The van der Waals surface area contributed by atoms with Gasteiger partial charge in [0.2, 0.25) is 0 Å². The highest BCUT2D eigenvalue weighted by atomic mass is 32.2. The Kier molecular flexibility index (Phi) is 6.76. The Morgan fingerprint density at radius 1 is 1.17 bits per heavy atom. The van der Waals surface area contributed by atoms with Gasteiger partial charge in [0.1, 0.15) is 5.75 Å². The van der Waals surface area contributed by atoms with E-state index >= 15 is 0 Å². The lowest BCUT2D eigenvalue weighted by Crippen LogP contribution is -2.35. The number of nitrogens with zero attached hydrogens (tertiary/aromatic N) is 1. The Balaban J connectivity index is 1.54. The first-order valence-corrected chi connectivity index (χ1v) is 11.0. The zero-order valence-corrected chi connectivity index (χ0v) is 17.4. The Morgan fingerprint density at radius 2 is 1.86 bits per heavy atom. The molecule has 0 saturated carbocycles. The molecule has 2 aromatic rings. The Labute approximate surface area is 171 Å². The maximum atomic E-state index is 12.8. The molecule has 1 saturated heterocycles. The highest BCUT2D eigenvalue weighted by molar-refractivity contribution is 7.92. The van der Waals surface area contributed by atoms with Gasteiger partial charge in [0.25, 0.3) is 15.9 Å². The van der Waals surface area contributed by atoms with Crippen LogP contribution in [-0.4, -0.2) is 47.2 Å². The maximum Gasteiger partial charge on any atom is 0.264 e. The van der Waals surface area contributed by atoms with Crippen molar-refractivity contribution < 1.29 is 22.7 Å². The molecular formula is C21H26N2O5S. The molecule has 1 amide bonds. The van der Waals surface area contributed by atoms with Crippen molar-refractivity contribution in [3.05, 3.63) is 54.1 Å². The monoisotopic (exact) mass is 418 g/mol. The van der Waals surface area contributed by atoms with Crippen molar-refractivity contribution in [2.75, 3.05) is 31.1 Å². The van der Waals surface area contributed by atoms with Gasteiger partial charge < -0.3 is 14.8 Å². The van der Waals surface area contributed by atoms with Gasteiger partial charge in [-0.15, -0.1) is 0 Å². The standard InChI is InChI=1S/C21H26N2O5S/c1-16-5-11-20(12-6-16)29(25,26)23(2)17-7-9-18(10-8-17)28-15-21(24)22-14-19-4-3-13-27-19/h5-12,19H,3-4,13-15H2,1-2H3,(H,22,24). The van der Waals surface area contributed by atoms with Crippen molar-refractivity contribution in [1.82, 2.24) is 5.32 Å². The second-order valence-corrected chi connectivity index (χ2v) is 8.98. The third-order valence-corrected chi connectivity index (χ3v) is 6.60. The molecule has 2 aromatic carbocycles. The van der Waals surface area contributed by atoms with Crippen LogP contribution in [-0.2, 0) is 19.6 Å². The molecule has 1 heterocycles. The van der Waals surface area contributed by atoms with E-state index in [-0.39, 0.29) is 23.5 Å². The number of carbonyl (C=O) groups is 1. The van der Waals surface area contributed by atoms with Crippen molar-refractivity contribution in [3.63, 3.8) is 0 Å². The molecule has 3 rings (SSSR count). The summed E-state index contributed by atoms with van der Waals surface area (Å²) in [5, 5.41) is 2.79. The zero-order valence-electron chi connectivity index (χ0n) is 16.6. The van der Waals surface area contributed by atoms with Crippen LogP contribution in [0.1, 0.15) is 18.4 Å². The van der Waals surface area contributed by atoms with Gasteiger partial charge in [-0.2, -0.15) is 0 Å². The number of carbonyl (C=O) groups excluding carboxylic acids is 1. The molecule has 0 aliphatic carbocycles. The molecule has 1 unspecified atom stereocenters. The smallest absolute Gasteiger partial charge is 0.264 e. The highest BCUT2D eigenvalue weighted by Crippen LogP contribution is 2.24. The van der Waals surface area contributed by atoms with Gasteiger partial charge in [-0.25, -0.2) is 8.42 Å². The summed E-state index contributed by atoms with van der Waals surface area (Å²) < 4.78 is 37.7. The lowest BCUT2D eigenvalue weighted by molar-refractivity contribution is -0.123. The van der Waals surface area contributed by atoms with Crippen molar-refractivity contribution in [2.24, 2.45) is 0 Å². The molecule has 1 fully saturated rings. The third-order valence-electron chi connectivity index (χ3n) is 4.80. The molecule has 1 atom stereocenters. The number of aryl methyl sites for hydroxylation is 1. The van der Waals surface area contributed by atoms with E-state index in [9.17, 15) is 13.2 Å². The Hall–Kier alpha value is -2.58. The number of ether oxygens (including phenoxy) is 2. The largest absolute Gasteiger partial charge is 0.484 e. The fourth-order valence-electron chi connectivity index (χ4n) is 2.99. The van der Waals surface area contributed by atoms with Crippen molar-refractivity contribution in [3.8, 4) is 5.75 Å². The number of hydrogen-bond acceptors (Lipinski definition) is 5. The first-order valence-electron chi connectivity index (χ1n) is 9.53. The summed E-state index contributed by atoms with van der Waals surface area (Å²) in [5.41, 5.74) is 1.49. The summed E-state index contributed by atoms with van der Waals surface area (Å²) in [6, 6.07) is 13.3. The van der Waals surface area contributed by atoms with E-state index in [0.29, 0.717) is 18.0 Å². The average molecular weight is 419 g/mol. The lowest BCUT2D eigenvalue weighted by Gasteiger charge is -2.20. The second kappa shape index (κ2) is 9.28. The molecule has 156 valence electrons. The number of nitrogens with one attached hydrogen (secondary N) is 1. The predicted octanol–water partition coefficient (Wildman–Crippen LogP) is 2.49. The molecule has 29 heavy (non-hydrogen) atoms. The van der Waals surface area contributed by atoms with Crippen LogP contribution in [0, 0.1) is 6.92 Å². The quantitative estimate of drug-likeness (QED) is 0.712. The van der Waals surface area contributed by atoms with E-state index in [4.69, 9.17) is 9.47 Å². The van der Waals surface area contributed by atoms with Crippen LogP contribution < -0.4 is 14.4 Å². The molecule has 0 aromatic heterocycles. The first kappa shape index (κ1) is 21.1. The fraction of sp³-hybridized carbons (Fsp3) is 0.381. The molecule has 0 spiro atoms. The highest BCUT2D eigenvalue weighted by Gasteiger charge is 2.21. The summed E-state index contributed by atoms with van der Waals surface area (Å²) in [6.45, 7) is 3.03. The first-order chi connectivity index (χ1) is 13.9. The van der Waals surface area contributed by atoms with E-state index in [2.05, 4.69) is 5.32 Å². The van der Waals surface area contributed by atoms with E-state index in [0.717, 1.165) is 25.0 Å². The topological polar surface area (TPSA) is 84.9 Å². The van der Waals surface area contributed by atoms with E-state index in [1.54, 1.807) is 48.5 Å². The zero-order chi connectivity index (χ0) is 20.9. The number of rotatable bonds is 8. The van der Waals surface area contributed by atoms with Gasteiger partial charge in [0, 0.05) is 20.2 Å². The molecule has 1 aliphatic rings. The van der Waals surface area contributed by atoms with Crippen LogP contribution in [0.5, 0.6) is 5.75 Å². The SMILES string of the molecule is Cc1ccc(S(=O)(=O)N(C)c2ccc(OCC(=O)NCC3CCCO3)cc2)cc1. The minimum atomic E-state index is -3.65. The maximum absolute atomic E-state index is 12.8. The molecule has 1 N–H and O–H groups in total. The van der Waals surface area contributed by atoms with Gasteiger partial charge in [-0.1, -0.05) is 17.7 Å². The molecule has 0 bridgehead atoms. The summed E-state index contributed by atoms with van der Waals surface area (Å²) >= 11 is 0. The fourth-order valence-corrected chi connectivity index (χ4v) is 4.19. The van der Waals surface area contributed by atoms with Crippen molar-refractivity contribution in [2.45, 2.75) is 30.8 Å². The summed E-state index contributed by atoms with van der Waals surface area (Å²) in [5.74, 6) is 0.269. The van der Waals surface area contributed by atoms with Gasteiger partial charge in [0.05, 0.1) is 16.7 Å². The van der Waals surface area contributed by atoms with Gasteiger partial charge in [0.15, 0.2) is 6.61 Å². The molecule has 7 nitrogen and oxygen atoms in total. The van der Waals surface area contributed by atoms with Crippen LogP contribution in [0.15, 0.2) is 53.4 Å². The number of benzene rings is 2. The van der Waals surface area contributed by atoms with Crippen LogP contribution in [0.3, 0.4) is 0 Å². The molecule has 8 heteroatoms. The van der Waals surface area contributed by atoms with E-state index < -0.39 is 10.0 Å². The van der Waals surface area contributed by atoms with Gasteiger partial charge >= 0.3 is 0 Å². The predicted molar refractivity (Wildman–Crippen MR) is 111 cm³/mol. The van der Waals surface area contributed by atoms with Crippen LogP contribution in [0.25, 0.3) is 0 Å². The minimum absolute atomic E-state index is 0.0873. The lowest BCUT2D eigenvalue weighted by atomic mass is 10.2. The number of hydrogen-bond donors (Lipinski definition) is 1. The number of anilines is 1. The van der Waals surface area contributed by atoms with Gasteiger partial charge in [-0.3, -0.25) is 9.10 Å². The van der Waals surface area contributed by atoms with E-state index in [1.165, 1.54) is 11.4 Å². The molecular weight excluding hydrogens is 392 g/mol. The van der Waals surface area contributed by atoms with Crippen LogP contribution in [0.2, 0.25) is 0 Å². The second-order valence-electron chi connectivity index (χ2n) is 7.01. The molecule has 1 aliphatic heterocycles.